The van der Waals surface area contributed by atoms with Gasteiger partial charge in [-0.05, 0) is 20.3 Å². The standard InChI is InChI=1S/C10H15NO3/c1-4-7-8(14-6-3)10(13)11(5-2)9(7)12/h4-6H2,1-3H3. The molecule has 1 rings (SSSR count). The second-order valence-electron chi connectivity index (χ2n) is 2.95. The van der Waals surface area contributed by atoms with Crippen molar-refractivity contribution >= 4 is 11.8 Å². The predicted molar refractivity (Wildman–Crippen MR) is 51.3 cm³/mol. The van der Waals surface area contributed by atoms with E-state index in [-0.39, 0.29) is 17.6 Å². The van der Waals surface area contributed by atoms with Crippen LogP contribution in [0, 0.1) is 0 Å². The number of likely N-dealkylation sites (N-methyl/N-ethyl adjacent to an activating group) is 1. The summed E-state index contributed by atoms with van der Waals surface area (Å²) in [6, 6.07) is 0. The van der Waals surface area contributed by atoms with Gasteiger partial charge in [-0.3, -0.25) is 14.5 Å². The van der Waals surface area contributed by atoms with Crippen molar-refractivity contribution in [1.29, 1.82) is 0 Å². The molecule has 0 bridgehead atoms. The van der Waals surface area contributed by atoms with E-state index >= 15 is 0 Å². The topological polar surface area (TPSA) is 46.6 Å². The molecule has 0 atom stereocenters. The van der Waals surface area contributed by atoms with Crippen molar-refractivity contribution in [3.05, 3.63) is 11.3 Å². The lowest BCUT2D eigenvalue weighted by atomic mass is 10.2. The molecule has 0 saturated carbocycles. The molecule has 78 valence electrons. The summed E-state index contributed by atoms with van der Waals surface area (Å²) in [5.74, 6) is -0.262. The Balaban J connectivity index is 3.01. The minimum Gasteiger partial charge on any atom is -0.488 e. The molecule has 1 aliphatic heterocycles. The fourth-order valence-electron chi connectivity index (χ4n) is 1.50. The first-order valence-electron chi connectivity index (χ1n) is 4.89. The van der Waals surface area contributed by atoms with Crippen molar-refractivity contribution in [2.24, 2.45) is 0 Å². The van der Waals surface area contributed by atoms with E-state index < -0.39 is 0 Å². The smallest absolute Gasteiger partial charge is 0.296 e. The van der Waals surface area contributed by atoms with Gasteiger partial charge in [0.05, 0.1) is 12.2 Å². The van der Waals surface area contributed by atoms with Crippen LogP contribution in [0.4, 0.5) is 0 Å². The summed E-state index contributed by atoms with van der Waals surface area (Å²) < 4.78 is 5.19. The minimum atomic E-state index is -0.295. The largest absolute Gasteiger partial charge is 0.488 e. The van der Waals surface area contributed by atoms with Gasteiger partial charge in [0.2, 0.25) is 0 Å². The van der Waals surface area contributed by atoms with Crippen LogP contribution in [0.3, 0.4) is 0 Å². The monoisotopic (exact) mass is 197 g/mol. The van der Waals surface area contributed by atoms with Crippen molar-refractivity contribution in [1.82, 2.24) is 4.90 Å². The summed E-state index contributed by atoms with van der Waals surface area (Å²) in [4.78, 5) is 24.5. The van der Waals surface area contributed by atoms with Crippen LogP contribution in [0.5, 0.6) is 0 Å². The van der Waals surface area contributed by atoms with Crippen LogP contribution in [0.25, 0.3) is 0 Å². The Hall–Kier alpha value is -1.32. The number of nitrogens with zero attached hydrogens (tertiary/aromatic N) is 1. The minimum absolute atomic E-state index is 0.205. The van der Waals surface area contributed by atoms with Crippen LogP contribution < -0.4 is 0 Å². The van der Waals surface area contributed by atoms with Gasteiger partial charge in [0.1, 0.15) is 0 Å². The normalized spacial score (nSPS) is 16.9. The first-order valence-corrected chi connectivity index (χ1v) is 4.89. The summed E-state index contributed by atoms with van der Waals surface area (Å²) in [6.45, 7) is 6.23. The summed E-state index contributed by atoms with van der Waals surface area (Å²) >= 11 is 0. The number of carbonyl (C=O) groups excluding carboxylic acids is 2. The average Bonchev–Trinajstić information content (AvgIpc) is 2.39. The molecule has 1 aliphatic rings. The molecule has 0 aromatic rings. The Bertz CT molecular complexity index is 294. The van der Waals surface area contributed by atoms with Gasteiger partial charge >= 0.3 is 0 Å². The quantitative estimate of drug-likeness (QED) is 0.633. The third kappa shape index (κ3) is 1.52. The van der Waals surface area contributed by atoms with Crippen LogP contribution in [0.15, 0.2) is 11.3 Å². The molecule has 0 aromatic heterocycles. The van der Waals surface area contributed by atoms with Crippen LogP contribution in [0.1, 0.15) is 27.2 Å². The lowest BCUT2D eigenvalue weighted by Gasteiger charge is -2.10. The van der Waals surface area contributed by atoms with E-state index in [9.17, 15) is 9.59 Å². The predicted octanol–water partition coefficient (Wildman–Crippen LogP) is 1.08. The third-order valence-corrected chi connectivity index (χ3v) is 2.18. The van der Waals surface area contributed by atoms with E-state index in [0.29, 0.717) is 25.1 Å². The number of amides is 2. The molecule has 0 unspecified atom stereocenters. The van der Waals surface area contributed by atoms with Crippen molar-refractivity contribution < 1.29 is 14.3 Å². The molecular formula is C10H15NO3. The molecule has 0 radical (unpaired) electrons. The fourth-order valence-corrected chi connectivity index (χ4v) is 1.50. The van der Waals surface area contributed by atoms with Crippen LogP contribution in [0.2, 0.25) is 0 Å². The lowest BCUT2D eigenvalue weighted by molar-refractivity contribution is -0.138. The first-order chi connectivity index (χ1) is 6.67. The second kappa shape index (κ2) is 4.26. The molecule has 0 saturated heterocycles. The molecule has 0 spiro atoms. The van der Waals surface area contributed by atoms with Gasteiger partial charge in [0.15, 0.2) is 5.76 Å². The molecule has 0 N–H and O–H groups in total. The molecule has 4 heteroatoms. The molecule has 0 aromatic carbocycles. The third-order valence-electron chi connectivity index (χ3n) is 2.18. The van der Waals surface area contributed by atoms with Gasteiger partial charge in [0, 0.05) is 6.54 Å². The second-order valence-corrected chi connectivity index (χ2v) is 2.95. The number of carbonyl (C=O) groups is 2. The van der Waals surface area contributed by atoms with E-state index in [1.54, 1.807) is 13.8 Å². The van der Waals surface area contributed by atoms with E-state index in [2.05, 4.69) is 0 Å². The Morgan fingerprint density at radius 1 is 1.14 bits per heavy atom. The summed E-state index contributed by atoms with van der Waals surface area (Å²) in [5, 5.41) is 0. The van der Waals surface area contributed by atoms with Crippen molar-refractivity contribution in [3.8, 4) is 0 Å². The van der Waals surface area contributed by atoms with Crippen LogP contribution in [-0.4, -0.2) is 29.9 Å². The molecular weight excluding hydrogens is 182 g/mol. The highest BCUT2D eigenvalue weighted by Gasteiger charge is 2.37. The zero-order valence-corrected chi connectivity index (χ0v) is 8.79. The van der Waals surface area contributed by atoms with Crippen molar-refractivity contribution in [2.75, 3.05) is 13.2 Å². The number of hydrogen-bond donors (Lipinski definition) is 0. The molecule has 4 nitrogen and oxygen atoms in total. The van der Waals surface area contributed by atoms with Crippen LogP contribution >= 0.6 is 0 Å². The van der Waals surface area contributed by atoms with Gasteiger partial charge in [-0.1, -0.05) is 6.92 Å². The molecule has 2 amide bonds. The summed E-state index contributed by atoms with van der Waals surface area (Å²) in [7, 11) is 0. The number of ether oxygens (including phenoxy) is 1. The Kier molecular flexibility index (Phi) is 3.28. The summed E-state index contributed by atoms with van der Waals surface area (Å²) in [5.41, 5.74) is 0.499. The maximum Gasteiger partial charge on any atom is 0.296 e. The molecule has 14 heavy (non-hydrogen) atoms. The van der Waals surface area contributed by atoms with Gasteiger partial charge in [0.25, 0.3) is 11.8 Å². The zero-order valence-electron chi connectivity index (χ0n) is 8.79. The van der Waals surface area contributed by atoms with Crippen molar-refractivity contribution in [3.63, 3.8) is 0 Å². The fraction of sp³-hybridized carbons (Fsp3) is 0.600. The van der Waals surface area contributed by atoms with E-state index in [1.807, 2.05) is 6.92 Å². The maximum atomic E-state index is 11.6. The number of rotatable bonds is 4. The molecule has 0 aliphatic carbocycles. The Morgan fingerprint density at radius 2 is 1.79 bits per heavy atom. The Labute approximate surface area is 83.5 Å². The molecule has 1 heterocycles. The number of imide groups is 1. The zero-order chi connectivity index (χ0) is 10.7. The van der Waals surface area contributed by atoms with Gasteiger partial charge in [-0.25, -0.2) is 0 Å². The van der Waals surface area contributed by atoms with E-state index in [0.717, 1.165) is 0 Å². The van der Waals surface area contributed by atoms with E-state index in [4.69, 9.17) is 4.74 Å². The van der Waals surface area contributed by atoms with Gasteiger partial charge in [-0.15, -0.1) is 0 Å². The van der Waals surface area contributed by atoms with Gasteiger partial charge in [-0.2, -0.15) is 0 Å². The van der Waals surface area contributed by atoms with Gasteiger partial charge < -0.3 is 4.74 Å². The number of hydrogen-bond acceptors (Lipinski definition) is 3. The highest BCUT2D eigenvalue weighted by Crippen LogP contribution is 2.23. The SMILES string of the molecule is CCOC1=C(CC)C(=O)N(CC)C1=O. The summed E-state index contributed by atoms with van der Waals surface area (Å²) in [6.07, 6.45) is 0.538. The highest BCUT2D eigenvalue weighted by molar-refractivity contribution is 6.18. The lowest BCUT2D eigenvalue weighted by Crippen LogP contribution is -2.31. The maximum absolute atomic E-state index is 11.6. The molecule has 0 fully saturated rings. The van der Waals surface area contributed by atoms with Crippen LogP contribution in [-0.2, 0) is 14.3 Å². The average molecular weight is 197 g/mol. The van der Waals surface area contributed by atoms with E-state index in [1.165, 1.54) is 4.90 Å². The highest BCUT2D eigenvalue weighted by atomic mass is 16.5. The Morgan fingerprint density at radius 3 is 2.21 bits per heavy atom. The van der Waals surface area contributed by atoms with Crippen molar-refractivity contribution in [2.45, 2.75) is 27.2 Å². The first kappa shape index (κ1) is 10.8.